The zero-order valence-corrected chi connectivity index (χ0v) is 12.0. The zero-order chi connectivity index (χ0) is 15.8. The molecule has 0 fully saturated rings. The predicted molar refractivity (Wildman–Crippen MR) is 73.3 cm³/mol. The molecule has 0 saturated carbocycles. The lowest BCUT2D eigenvalue weighted by molar-refractivity contribution is -0.173. The second-order valence-corrected chi connectivity index (χ2v) is 3.93. The van der Waals surface area contributed by atoms with Crippen LogP contribution in [0.1, 0.15) is 5.56 Å². The monoisotopic (exact) mass is 295 g/mol. The van der Waals surface area contributed by atoms with Crippen LogP contribution < -0.4 is 4.74 Å². The molecule has 7 nitrogen and oxygen atoms in total. The maximum Gasteiger partial charge on any atom is 0.373 e. The van der Waals surface area contributed by atoms with Crippen LogP contribution in [0.25, 0.3) is 0 Å². The highest BCUT2D eigenvalue weighted by Gasteiger charge is 2.16. The molecule has 0 unspecified atom stereocenters. The van der Waals surface area contributed by atoms with Crippen molar-refractivity contribution >= 4 is 11.9 Å². The van der Waals surface area contributed by atoms with Crippen molar-refractivity contribution in [2.24, 2.45) is 0 Å². The van der Waals surface area contributed by atoms with Gasteiger partial charge in [0.15, 0.2) is 0 Å². The number of hydrogen-bond acceptors (Lipinski definition) is 6. The first kappa shape index (κ1) is 16.5. The van der Waals surface area contributed by atoms with Gasteiger partial charge in [0.25, 0.3) is 5.91 Å². The average molecular weight is 295 g/mol. The molecule has 1 aromatic rings. The van der Waals surface area contributed by atoms with E-state index >= 15 is 0 Å². The number of hydroxylamine groups is 2. The van der Waals surface area contributed by atoms with Crippen LogP contribution in [0.4, 0.5) is 0 Å². The number of ether oxygens (including phenoxy) is 2. The first-order valence-electron chi connectivity index (χ1n) is 5.99. The van der Waals surface area contributed by atoms with Gasteiger partial charge in [-0.2, -0.15) is 0 Å². The third kappa shape index (κ3) is 4.81. The minimum absolute atomic E-state index is 0.143. The fourth-order valence-corrected chi connectivity index (χ4v) is 1.48. The van der Waals surface area contributed by atoms with Crippen LogP contribution in [0.15, 0.2) is 36.1 Å². The Morgan fingerprint density at radius 2 is 1.81 bits per heavy atom. The topological polar surface area (TPSA) is 85.3 Å². The second kappa shape index (κ2) is 7.91. The van der Waals surface area contributed by atoms with Crippen LogP contribution >= 0.6 is 0 Å². The summed E-state index contributed by atoms with van der Waals surface area (Å²) in [5.41, 5.74) is 0.789. The Bertz CT molecular complexity index is 523. The Morgan fingerprint density at radius 1 is 1.19 bits per heavy atom. The summed E-state index contributed by atoms with van der Waals surface area (Å²) in [6, 6.07) is 7.02. The number of aliphatic hydroxyl groups excluding tert-OH is 1. The molecular formula is C14H17NO6. The number of esters is 1. The molecule has 0 saturated heterocycles. The van der Waals surface area contributed by atoms with Crippen LogP contribution in [0.2, 0.25) is 0 Å². The molecule has 1 rings (SSSR count). The molecule has 0 aromatic heterocycles. The number of carbonyl (C=O) groups excluding carboxylic acids is 2. The summed E-state index contributed by atoms with van der Waals surface area (Å²) in [4.78, 5) is 27.8. The quantitative estimate of drug-likeness (QED) is 0.367. The molecule has 1 aromatic carbocycles. The summed E-state index contributed by atoms with van der Waals surface area (Å²) in [5.74, 6) is -1.78. The van der Waals surface area contributed by atoms with Gasteiger partial charge in [0, 0.05) is 0 Å². The van der Waals surface area contributed by atoms with Gasteiger partial charge in [0.2, 0.25) is 5.76 Å². The van der Waals surface area contributed by atoms with Crippen molar-refractivity contribution in [2.75, 3.05) is 21.3 Å². The summed E-state index contributed by atoms with van der Waals surface area (Å²) in [6.45, 7) is 0.143. The highest BCUT2D eigenvalue weighted by molar-refractivity contribution is 5.96. The maximum atomic E-state index is 11.9. The van der Waals surface area contributed by atoms with Crippen LogP contribution in [-0.4, -0.2) is 43.4 Å². The van der Waals surface area contributed by atoms with E-state index in [-0.39, 0.29) is 6.54 Å². The lowest BCUT2D eigenvalue weighted by Gasteiger charge is -2.18. The largest absolute Gasteiger partial charge is 0.502 e. The van der Waals surface area contributed by atoms with Crippen LogP contribution in [0.3, 0.4) is 0 Å². The number of methoxy groups -OCH3 is 2. The van der Waals surface area contributed by atoms with Crippen molar-refractivity contribution in [3.63, 3.8) is 0 Å². The molecule has 0 radical (unpaired) electrons. The zero-order valence-electron chi connectivity index (χ0n) is 12.0. The van der Waals surface area contributed by atoms with Crippen molar-refractivity contribution in [1.29, 1.82) is 0 Å². The second-order valence-electron chi connectivity index (χ2n) is 3.93. The molecule has 0 atom stereocenters. The van der Waals surface area contributed by atoms with Gasteiger partial charge in [-0.1, -0.05) is 12.1 Å². The first-order chi connectivity index (χ1) is 10.0. The van der Waals surface area contributed by atoms with E-state index in [1.54, 1.807) is 31.4 Å². The summed E-state index contributed by atoms with van der Waals surface area (Å²) >= 11 is 0. The Kier molecular flexibility index (Phi) is 6.22. The molecule has 0 spiro atoms. The highest BCUT2D eigenvalue weighted by Crippen LogP contribution is 2.13. The fourth-order valence-electron chi connectivity index (χ4n) is 1.48. The van der Waals surface area contributed by atoms with E-state index in [9.17, 15) is 14.7 Å². The Morgan fingerprint density at radius 3 is 2.29 bits per heavy atom. The van der Waals surface area contributed by atoms with E-state index in [2.05, 4.69) is 4.74 Å². The molecule has 0 aliphatic rings. The molecule has 0 aliphatic carbocycles. The van der Waals surface area contributed by atoms with Gasteiger partial charge < -0.3 is 14.6 Å². The summed E-state index contributed by atoms with van der Waals surface area (Å²) < 4.78 is 9.32. The summed E-state index contributed by atoms with van der Waals surface area (Å²) in [5, 5.41) is 10.3. The third-order valence-corrected chi connectivity index (χ3v) is 2.61. The number of nitrogens with zero attached hydrogens (tertiary/aromatic N) is 1. The molecule has 0 bridgehead atoms. The van der Waals surface area contributed by atoms with Gasteiger partial charge in [0.05, 0.1) is 34.0 Å². The van der Waals surface area contributed by atoms with Crippen molar-refractivity contribution < 1.29 is 29.0 Å². The van der Waals surface area contributed by atoms with Gasteiger partial charge in [-0.15, -0.1) is 0 Å². The van der Waals surface area contributed by atoms with Gasteiger partial charge >= 0.3 is 5.97 Å². The third-order valence-electron chi connectivity index (χ3n) is 2.61. The molecular weight excluding hydrogens is 278 g/mol. The molecule has 21 heavy (non-hydrogen) atoms. The number of hydrogen-bond donors (Lipinski definition) is 1. The minimum Gasteiger partial charge on any atom is -0.502 e. The number of benzene rings is 1. The van der Waals surface area contributed by atoms with E-state index in [1.807, 2.05) is 0 Å². The standard InChI is InChI=1S/C14H17NO6/c1-19-11-6-4-10(5-7-11)9-15(21-3)13(17)8-12(16)14(18)20-2/h4-8,16H,9H2,1-3H3/b12-8-. The van der Waals surface area contributed by atoms with Crippen molar-refractivity contribution in [2.45, 2.75) is 6.54 Å². The lowest BCUT2D eigenvalue weighted by Crippen LogP contribution is -2.28. The lowest BCUT2D eigenvalue weighted by atomic mass is 10.2. The van der Waals surface area contributed by atoms with Crippen LogP contribution in [0.5, 0.6) is 5.75 Å². The number of rotatable bonds is 6. The van der Waals surface area contributed by atoms with Crippen LogP contribution in [0, 0.1) is 0 Å². The summed E-state index contributed by atoms with van der Waals surface area (Å²) in [6.07, 6.45) is 0.735. The van der Waals surface area contributed by atoms with E-state index < -0.39 is 17.6 Å². The Hall–Kier alpha value is -2.54. The Labute approximate surface area is 122 Å². The van der Waals surface area contributed by atoms with Gasteiger partial charge in [-0.25, -0.2) is 9.86 Å². The SMILES string of the molecule is COC(=O)/C(O)=C/C(=O)N(Cc1ccc(OC)cc1)OC. The van der Waals surface area contributed by atoms with Gasteiger partial charge in [0.1, 0.15) is 5.75 Å². The maximum absolute atomic E-state index is 11.9. The highest BCUT2D eigenvalue weighted by atomic mass is 16.7. The molecule has 1 N–H and O–H groups in total. The molecule has 1 amide bonds. The minimum atomic E-state index is -0.996. The first-order valence-corrected chi connectivity index (χ1v) is 5.99. The van der Waals surface area contributed by atoms with E-state index in [4.69, 9.17) is 9.57 Å². The van der Waals surface area contributed by atoms with E-state index in [0.29, 0.717) is 5.75 Å². The number of aliphatic hydroxyl groups is 1. The Balaban J connectivity index is 2.77. The molecule has 0 aliphatic heterocycles. The van der Waals surface area contributed by atoms with Crippen LogP contribution in [-0.2, 0) is 25.7 Å². The van der Waals surface area contributed by atoms with Gasteiger partial charge in [-0.3, -0.25) is 9.63 Å². The number of amides is 1. The van der Waals surface area contributed by atoms with E-state index in [1.165, 1.54) is 7.11 Å². The van der Waals surface area contributed by atoms with Crippen molar-refractivity contribution in [1.82, 2.24) is 5.06 Å². The fraction of sp³-hybridized carbons (Fsp3) is 0.286. The summed E-state index contributed by atoms with van der Waals surface area (Å²) in [7, 11) is 3.97. The molecule has 114 valence electrons. The van der Waals surface area contributed by atoms with Crippen molar-refractivity contribution in [3.8, 4) is 5.75 Å². The average Bonchev–Trinajstić information content (AvgIpc) is 2.51. The van der Waals surface area contributed by atoms with Gasteiger partial charge in [-0.05, 0) is 17.7 Å². The molecule has 0 heterocycles. The number of carbonyl (C=O) groups is 2. The predicted octanol–water partition coefficient (Wildman–Crippen LogP) is 1.20. The van der Waals surface area contributed by atoms with E-state index in [0.717, 1.165) is 23.8 Å². The smallest absolute Gasteiger partial charge is 0.373 e. The molecule has 7 heteroatoms. The van der Waals surface area contributed by atoms with Crippen molar-refractivity contribution in [3.05, 3.63) is 41.7 Å². The normalized spacial score (nSPS) is 10.9.